The fourth-order valence-electron chi connectivity index (χ4n) is 3.79. The maximum atomic E-state index is 12.0. The number of anilines is 1. The van der Waals surface area contributed by atoms with Crippen LogP contribution < -0.4 is 10.6 Å². The normalized spacial score (nSPS) is 13.6. The van der Waals surface area contributed by atoms with Crippen LogP contribution in [0.1, 0.15) is 35.8 Å². The second-order valence-electron chi connectivity index (χ2n) is 7.10. The smallest absolute Gasteiger partial charge is 0.271 e. The Hall–Kier alpha value is -2.99. The molecular weight excluding hydrogens is 352 g/mol. The molecule has 1 aromatic heterocycles. The van der Waals surface area contributed by atoms with E-state index in [2.05, 4.69) is 40.2 Å². The maximum Gasteiger partial charge on any atom is 0.271 e. The van der Waals surface area contributed by atoms with Crippen molar-refractivity contribution in [2.45, 2.75) is 32.4 Å². The molecule has 1 aliphatic carbocycles. The molecule has 2 aromatic carbocycles. The molecular formula is C22H24N4O2. The van der Waals surface area contributed by atoms with Crippen molar-refractivity contribution in [3.8, 4) is 11.1 Å². The SMILES string of the molecule is CCN(c1c(C(N)=O)nnc2cc(-c3ccccc3COC)ccc12)C1CC1. The number of nitrogens with two attached hydrogens (primary N) is 1. The summed E-state index contributed by atoms with van der Waals surface area (Å²) in [6, 6.07) is 14.7. The second-order valence-corrected chi connectivity index (χ2v) is 7.10. The Morgan fingerprint density at radius 2 is 2.00 bits per heavy atom. The monoisotopic (exact) mass is 376 g/mol. The first-order chi connectivity index (χ1) is 13.6. The van der Waals surface area contributed by atoms with E-state index in [9.17, 15) is 4.79 Å². The molecule has 6 nitrogen and oxygen atoms in total. The Morgan fingerprint density at radius 3 is 2.68 bits per heavy atom. The Kier molecular flexibility index (Phi) is 4.96. The molecule has 0 aliphatic heterocycles. The van der Waals surface area contributed by atoms with E-state index in [-0.39, 0.29) is 5.69 Å². The van der Waals surface area contributed by atoms with Gasteiger partial charge in [-0.3, -0.25) is 4.79 Å². The van der Waals surface area contributed by atoms with Crippen LogP contribution in [-0.4, -0.2) is 35.8 Å². The molecule has 1 saturated carbocycles. The lowest BCUT2D eigenvalue weighted by Gasteiger charge is -2.25. The summed E-state index contributed by atoms with van der Waals surface area (Å²) in [5.74, 6) is -0.544. The molecule has 0 bridgehead atoms. The number of nitrogens with zero attached hydrogens (tertiary/aromatic N) is 3. The van der Waals surface area contributed by atoms with E-state index in [1.165, 1.54) is 0 Å². The quantitative estimate of drug-likeness (QED) is 0.682. The summed E-state index contributed by atoms with van der Waals surface area (Å²) >= 11 is 0. The fraction of sp³-hybridized carbons (Fsp3) is 0.318. The number of hydrogen-bond acceptors (Lipinski definition) is 5. The maximum absolute atomic E-state index is 12.0. The number of rotatable bonds is 7. The number of hydrogen-bond donors (Lipinski definition) is 1. The molecule has 1 amide bonds. The van der Waals surface area contributed by atoms with Crippen molar-refractivity contribution in [3.05, 3.63) is 53.7 Å². The lowest BCUT2D eigenvalue weighted by Crippen LogP contribution is -2.29. The number of benzene rings is 2. The molecule has 2 N–H and O–H groups in total. The van der Waals surface area contributed by atoms with Gasteiger partial charge in [0.15, 0.2) is 5.69 Å². The van der Waals surface area contributed by atoms with Gasteiger partial charge in [-0.25, -0.2) is 0 Å². The molecule has 144 valence electrons. The minimum atomic E-state index is -0.544. The number of carbonyl (C=O) groups excluding carboxylic acids is 1. The lowest BCUT2D eigenvalue weighted by atomic mass is 9.98. The van der Waals surface area contributed by atoms with Crippen LogP contribution in [0.4, 0.5) is 5.69 Å². The van der Waals surface area contributed by atoms with Crippen molar-refractivity contribution >= 4 is 22.5 Å². The molecule has 3 aromatic rings. The largest absolute Gasteiger partial charge is 0.380 e. The Morgan fingerprint density at radius 1 is 1.21 bits per heavy atom. The average Bonchev–Trinajstić information content (AvgIpc) is 3.54. The van der Waals surface area contributed by atoms with Crippen molar-refractivity contribution in [1.82, 2.24) is 10.2 Å². The molecule has 1 aliphatic rings. The van der Waals surface area contributed by atoms with Crippen LogP contribution in [-0.2, 0) is 11.3 Å². The number of aromatic nitrogens is 2. The van der Waals surface area contributed by atoms with Gasteiger partial charge in [-0.1, -0.05) is 30.3 Å². The summed E-state index contributed by atoms with van der Waals surface area (Å²) in [6.45, 7) is 3.42. The van der Waals surface area contributed by atoms with E-state index >= 15 is 0 Å². The third-order valence-electron chi connectivity index (χ3n) is 5.21. The van der Waals surface area contributed by atoms with E-state index in [1.54, 1.807) is 7.11 Å². The summed E-state index contributed by atoms with van der Waals surface area (Å²) in [6.07, 6.45) is 2.25. The molecule has 0 unspecified atom stereocenters. The van der Waals surface area contributed by atoms with Gasteiger partial charge in [-0.15, -0.1) is 10.2 Å². The lowest BCUT2D eigenvalue weighted by molar-refractivity contribution is 0.0995. The number of fused-ring (bicyclic) bond motifs is 1. The zero-order valence-corrected chi connectivity index (χ0v) is 16.2. The minimum Gasteiger partial charge on any atom is -0.380 e. The third kappa shape index (κ3) is 3.31. The molecule has 0 atom stereocenters. The van der Waals surface area contributed by atoms with E-state index in [4.69, 9.17) is 10.5 Å². The summed E-state index contributed by atoms with van der Waals surface area (Å²) in [4.78, 5) is 14.2. The predicted molar refractivity (Wildman–Crippen MR) is 110 cm³/mol. The van der Waals surface area contributed by atoms with E-state index in [1.807, 2.05) is 24.3 Å². The van der Waals surface area contributed by atoms with Gasteiger partial charge in [-0.2, -0.15) is 0 Å². The predicted octanol–water partition coefficient (Wildman–Crippen LogP) is 3.53. The Bertz CT molecular complexity index is 1030. The molecule has 1 heterocycles. The zero-order chi connectivity index (χ0) is 19.7. The number of primary amides is 1. The van der Waals surface area contributed by atoms with Crippen LogP contribution in [0.2, 0.25) is 0 Å². The first-order valence-electron chi connectivity index (χ1n) is 9.58. The van der Waals surface area contributed by atoms with Gasteiger partial charge >= 0.3 is 0 Å². The number of methoxy groups -OCH3 is 1. The summed E-state index contributed by atoms with van der Waals surface area (Å²) in [5.41, 5.74) is 10.7. The Labute approximate surface area is 164 Å². The third-order valence-corrected chi connectivity index (χ3v) is 5.21. The van der Waals surface area contributed by atoms with Gasteiger partial charge in [0.1, 0.15) is 0 Å². The highest BCUT2D eigenvalue weighted by Crippen LogP contribution is 2.38. The number of carbonyl (C=O) groups is 1. The zero-order valence-electron chi connectivity index (χ0n) is 16.2. The van der Waals surface area contributed by atoms with Crippen molar-refractivity contribution in [3.63, 3.8) is 0 Å². The van der Waals surface area contributed by atoms with E-state index in [0.717, 1.165) is 52.7 Å². The average molecular weight is 376 g/mol. The van der Waals surface area contributed by atoms with Crippen LogP contribution in [0.5, 0.6) is 0 Å². The first kappa shape index (κ1) is 18.4. The van der Waals surface area contributed by atoms with Crippen LogP contribution in [0, 0.1) is 0 Å². The minimum absolute atomic E-state index is 0.244. The molecule has 28 heavy (non-hydrogen) atoms. The highest BCUT2D eigenvalue weighted by atomic mass is 16.5. The van der Waals surface area contributed by atoms with Gasteiger partial charge < -0.3 is 15.4 Å². The topological polar surface area (TPSA) is 81.3 Å². The van der Waals surface area contributed by atoms with Crippen molar-refractivity contribution < 1.29 is 9.53 Å². The van der Waals surface area contributed by atoms with Gasteiger partial charge in [0.25, 0.3) is 5.91 Å². The van der Waals surface area contributed by atoms with Crippen LogP contribution in [0.25, 0.3) is 22.0 Å². The first-order valence-corrected chi connectivity index (χ1v) is 9.58. The number of ether oxygens (including phenoxy) is 1. The molecule has 1 fully saturated rings. The van der Waals surface area contributed by atoms with Crippen LogP contribution in [0.15, 0.2) is 42.5 Å². The van der Waals surface area contributed by atoms with Crippen molar-refractivity contribution in [1.29, 1.82) is 0 Å². The highest BCUT2D eigenvalue weighted by molar-refractivity contribution is 6.06. The van der Waals surface area contributed by atoms with Gasteiger partial charge in [0.2, 0.25) is 0 Å². The standard InChI is InChI=1S/C22H24N4O2/c1-3-26(16-9-10-16)21-18-11-8-14(12-19(18)24-25-20(21)22(23)27)17-7-5-4-6-15(17)13-28-2/h4-8,11-12,16H,3,9-10,13H2,1-2H3,(H2,23,27). The van der Waals surface area contributed by atoms with E-state index < -0.39 is 5.91 Å². The summed E-state index contributed by atoms with van der Waals surface area (Å²) < 4.78 is 5.33. The molecule has 4 rings (SSSR count). The van der Waals surface area contributed by atoms with Gasteiger partial charge in [0, 0.05) is 25.1 Å². The molecule has 0 spiro atoms. The van der Waals surface area contributed by atoms with Gasteiger partial charge in [0.05, 0.1) is 17.8 Å². The van der Waals surface area contributed by atoms with Crippen molar-refractivity contribution in [2.75, 3.05) is 18.6 Å². The van der Waals surface area contributed by atoms with Gasteiger partial charge in [-0.05, 0) is 48.6 Å². The molecule has 0 radical (unpaired) electrons. The summed E-state index contributed by atoms with van der Waals surface area (Å²) in [5, 5.41) is 9.41. The second kappa shape index (κ2) is 7.56. The number of amides is 1. The Balaban J connectivity index is 1.88. The van der Waals surface area contributed by atoms with Crippen molar-refractivity contribution in [2.24, 2.45) is 5.73 Å². The fourth-order valence-corrected chi connectivity index (χ4v) is 3.79. The molecule has 6 heteroatoms. The van der Waals surface area contributed by atoms with E-state index in [0.29, 0.717) is 12.6 Å². The molecule has 0 saturated heterocycles. The van der Waals surface area contributed by atoms with Crippen LogP contribution in [0.3, 0.4) is 0 Å². The summed E-state index contributed by atoms with van der Waals surface area (Å²) in [7, 11) is 1.69. The highest BCUT2D eigenvalue weighted by Gasteiger charge is 2.32. The van der Waals surface area contributed by atoms with Crippen LogP contribution >= 0.6 is 0 Å².